The normalized spacial score (nSPS) is 9.72. The minimum Gasteiger partial charge on any atom is -0.459 e. The molecule has 0 radical (unpaired) electrons. The maximum atomic E-state index is 11.7. The van der Waals surface area contributed by atoms with Gasteiger partial charge in [0.2, 0.25) is 0 Å². The Balaban J connectivity index is 1.68. The summed E-state index contributed by atoms with van der Waals surface area (Å²) in [7, 11) is 0. The van der Waals surface area contributed by atoms with Gasteiger partial charge >= 0.3 is 5.97 Å². The van der Waals surface area contributed by atoms with E-state index >= 15 is 0 Å². The van der Waals surface area contributed by atoms with E-state index in [-0.39, 0.29) is 18.7 Å². The number of nitrogens with zero attached hydrogens (tertiary/aromatic N) is 1. The Kier molecular flexibility index (Phi) is 6.31. The molecule has 8 heteroatoms. The molecule has 128 valence electrons. The van der Waals surface area contributed by atoms with Crippen LogP contribution in [-0.4, -0.2) is 30.9 Å². The topological polar surface area (TPSA) is 121 Å². The fourth-order valence-electron chi connectivity index (χ4n) is 1.87. The van der Waals surface area contributed by atoms with Crippen LogP contribution in [0, 0.1) is 11.3 Å². The van der Waals surface area contributed by atoms with Crippen LogP contribution in [-0.2, 0) is 14.3 Å². The molecule has 2 N–H and O–H groups in total. The minimum absolute atomic E-state index is 0.0528. The molecule has 0 aliphatic carbocycles. The van der Waals surface area contributed by atoms with Gasteiger partial charge in [0.15, 0.2) is 12.4 Å². The van der Waals surface area contributed by atoms with Gasteiger partial charge < -0.3 is 19.8 Å². The van der Waals surface area contributed by atoms with Crippen molar-refractivity contribution in [3.8, 4) is 6.07 Å². The van der Waals surface area contributed by atoms with Crippen molar-refractivity contribution in [3.05, 3.63) is 54.0 Å². The fourth-order valence-corrected chi connectivity index (χ4v) is 1.87. The zero-order valence-electron chi connectivity index (χ0n) is 13.2. The van der Waals surface area contributed by atoms with Crippen molar-refractivity contribution < 1.29 is 23.5 Å². The Hall–Kier alpha value is -3.60. The van der Waals surface area contributed by atoms with E-state index < -0.39 is 24.4 Å². The third-order valence-corrected chi connectivity index (χ3v) is 3.05. The van der Waals surface area contributed by atoms with Gasteiger partial charge in [0.25, 0.3) is 11.8 Å². The summed E-state index contributed by atoms with van der Waals surface area (Å²) in [6, 6.07) is 11.5. The van der Waals surface area contributed by atoms with Crippen molar-refractivity contribution in [2.75, 3.05) is 18.5 Å². The van der Waals surface area contributed by atoms with E-state index in [0.29, 0.717) is 11.3 Å². The third-order valence-electron chi connectivity index (χ3n) is 3.05. The average Bonchev–Trinajstić information content (AvgIpc) is 3.15. The molecule has 0 saturated carbocycles. The van der Waals surface area contributed by atoms with Crippen LogP contribution < -0.4 is 10.6 Å². The summed E-state index contributed by atoms with van der Waals surface area (Å²) in [5.74, 6) is -1.49. The highest BCUT2D eigenvalue weighted by Gasteiger charge is 2.11. The van der Waals surface area contributed by atoms with E-state index in [0.717, 1.165) is 0 Å². The van der Waals surface area contributed by atoms with Crippen LogP contribution >= 0.6 is 0 Å². The van der Waals surface area contributed by atoms with Crippen LogP contribution in [0.4, 0.5) is 5.69 Å². The van der Waals surface area contributed by atoms with Gasteiger partial charge in [0.1, 0.15) is 6.07 Å². The van der Waals surface area contributed by atoms with Gasteiger partial charge in [0, 0.05) is 6.54 Å². The number of para-hydroxylation sites is 1. The van der Waals surface area contributed by atoms with Crippen molar-refractivity contribution in [1.82, 2.24) is 5.32 Å². The number of rotatable bonds is 7. The maximum Gasteiger partial charge on any atom is 0.308 e. The Morgan fingerprint density at radius 1 is 1.16 bits per heavy atom. The summed E-state index contributed by atoms with van der Waals surface area (Å²) in [5.41, 5.74) is 0.652. The second-order valence-corrected chi connectivity index (χ2v) is 4.85. The highest BCUT2D eigenvalue weighted by Crippen LogP contribution is 2.13. The molecule has 2 rings (SSSR count). The summed E-state index contributed by atoms with van der Waals surface area (Å²) in [4.78, 5) is 34.9. The van der Waals surface area contributed by atoms with Crippen LogP contribution in [0.3, 0.4) is 0 Å². The molecule has 2 aromatic rings. The van der Waals surface area contributed by atoms with Gasteiger partial charge in [-0.05, 0) is 24.3 Å². The van der Waals surface area contributed by atoms with Gasteiger partial charge in [-0.3, -0.25) is 14.4 Å². The molecule has 0 atom stereocenters. The van der Waals surface area contributed by atoms with Gasteiger partial charge in [-0.2, -0.15) is 5.26 Å². The number of anilines is 1. The first-order valence-corrected chi connectivity index (χ1v) is 7.36. The number of benzene rings is 1. The molecule has 0 fully saturated rings. The molecular weight excluding hydrogens is 326 g/mol. The summed E-state index contributed by atoms with van der Waals surface area (Å²) in [5, 5.41) is 13.9. The van der Waals surface area contributed by atoms with E-state index in [1.165, 1.54) is 12.3 Å². The summed E-state index contributed by atoms with van der Waals surface area (Å²) in [6.45, 7) is -0.429. The summed E-state index contributed by atoms with van der Waals surface area (Å²) < 4.78 is 9.72. The number of furan rings is 1. The zero-order valence-corrected chi connectivity index (χ0v) is 13.2. The highest BCUT2D eigenvalue weighted by atomic mass is 16.5. The van der Waals surface area contributed by atoms with Gasteiger partial charge in [0.05, 0.1) is 23.9 Å². The first-order valence-electron chi connectivity index (χ1n) is 7.36. The van der Waals surface area contributed by atoms with Crippen LogP contribution in [0.1, 0.15) is 22.5 Å². The molecule has 0 bridgehead atoms. The Morgan fingerprint density at radius 2 is 1.96 bits per heavy atom. The van der Waals surface area contributed by atoms with E-state index in [4.69, 9.17) is 14.4 Å². The van der Waals surface area contributed by atoms with E-state index in [1.54, 1.807) is 30.3 Å². The van der Waals surface area contributed by atoms with E-state index in [2.05, 4.69) is 10.6 Å². The fraction of sp³-hybridized carbons (Fsp3) is 0.176. The van der Waals surface area contributed by atoms with Crippen molar-refractivity contribution in [2.24, 2.45) is 0 Å². The number of hydrogen-bond acceptors (Lipinski definition) is 6. The van der Waals surface area contributed by atoms with Crippen molar-refractivity contribution in [2.45, 2.75) is 6.42 Å². The molecule has 1 aromatic heterocycles. The standard InChI is InChI=1S/C17H15N3O5/c18-10-12-4-1-2-5-13(12)20-15(21)11-25-16(22)7-8-19-17(23)14-6-3-9-24-14/h1-6,9H,7-8,11H2,(H,19,23)(H,20,21). The first-order chi connectivity index (χ1) is 12.1. The monoisotopic (exact) mass is 341 g/mol. The zero-order chi connectivity index (χ0) is 18.1. The molecule has 2 amide bonds. The van der Waals surface area contributed by atoms with Crippen molar-refractivity contribution in [1.29, 1.82) is 5.26 Å². The van der Waals surface area contributed by atoms with Crippen molar-refractivity contribution in [3.63, 3.8) is 0 Å². The predicted molar refractivity (Wildman–Crippen MR) is 86.4 cm³/mol. The number of ether oxygens (including phenoxy) is 1. The number of nitriles is 1. The Morgan fingerprint density at radius 3 is 2.68 bits per heavy atom. The van der Waals surface area contributed by atoms with Gasteiger partial charge in [-0.1, -0.05) is 12.1 Å². The quantitative estimate of drug-likeness (QED) is 0.735. The molecule has 0 aliphatic heterocycles. The van der Waals surface area contributed by atoms with E-state index in [1.807, 2.05) is 6.07 Å². The molecule has 1 aromatic carbocycles. The molecule has 0 unspecified atom stereocenters. The highest BCUT2D eigenvalue weighted by molar-refractivity contribution is 5.94. The first kappa shape index (κ1) is 17.7. The van der Waals surface area contributed by atoms with Gasteiger partial charge in [-0.15, -0.1) is 0 Å². The minimum atomic E-state index is -0.636. The maximum absolute atomic E-state index is 11.7. The van der Waals surface area contributed by atoms with Crippen molar-refractivity contribution >= 4 is 23.5 Å². The lowest BCUT2D eigenvalue weighted by Crippen LogP contribution is -2.27. The second-order valence-electron chi connectivity index (χ2n) is 4.85. The molecule has 8 nitrogen and oxygen atoms in total. The van der Waals surface area contributed by atoms with Crippen LogP contribution in [0.5, 0.6) is 0 Å². The summed E-state index contributed by atoms with van der Waals surface area (Å²) in [6.07, 6.45) is 1.28. The van der Waals surface area contributed by atoms with Crippen LogP contribution in [0.2, 0.25) is 0 Å². The average molecular weight is 341 g/mol. The lowest BCUT2D eigenvalue weighted by Gasteiger charge is -2.08. The lowest BCUT2D eigenvalue weighted by atomic mass is 10.2. The second kappa shape index (κ2) is 8.88. The number of esters is 1. The lowest BCUT2D eigenvalue weighted by molar-refractivity contribution is -0.147. The molecule has 0 saturated heterocycles. The molecule has 0 spiro atoms. The Bertz CT molecular complexity index is 793. The van der Waals surface area contributed by atoms with Gasteiger partial charge in [-0.25, -0.2) is 0 Å². The SMILES string of the molecule is N#Cc1ccccc1NC(=O)COC(=O)CCNC(=O)c1ccco1. The number of carbonyl (C=O) groups is 3. The number of hydrogen-bond donors (Lipinski definition) is 2. The molecule has 1 heterocycles. The number of amides is 2. The van der Waals surface area contributed by atoms with Crippen LogP contribution in [0.25, 0.3) is 0 Å². The largest absolute Gasteiger partial charge is 0.459 e. The van der Waals surface area contributed by atoms with Crippen LogP contribution in [0.15, 0.2) is 47.1 Å². The third kappa shape index (κ3) is 5.51. The van der Waals surface area contributed by atoms with E-state index in [9.17, 15) is 14.4 Å². The smallest absolute Gasteiger partial charge is 0.308 e. The number of carbonyl (C=O) groups excluding carboxylic acids is 3. The Labute approximate surface area is 143 Å². The number of nitrogens with one attached hydrogen (secondary N) is 2. The molecular formula is C17H15N3O5. The molecule has 0 aliphatic rings. The predicted octanol–water partition coefficient (Wildman–Crippen LogP) is 1.45. The molecule has 25 heavy (non-hydrogen) atoms. The summed E-state index contributed by atoms with van der Waals surface area (Å²) >= 11 is 0.